The monoisotopic (exact) mass is 491 g/mol. The molecular formula is C23H27Cl2N5OS. The Hall–Kier alpha value is -2.22. The van der Waals surface area contributed by atoms with Crippen molar-refractivity contribution in [1.82, 2.24) is 25.4 Å². The van der Waals surface area contributed by atoms with E-state index in [1.54, 1.807) is 23.9 Å². The summed E-state index contributed by atoms with van der Waals surface area (Å²) < 4.78 is 1.89. The number of amides is 2. The lowest BCUT2D eigenvalue weighted by Gasteiger charge is -2.17. The predicted molar refractivity (Wildman–Crippen MR) is 132 cm³/mol. The molecule has 2 amide bonds. The minimum absolute atomic E-state index is 0.239. The second-order valence-corrected chi connectivity index (χ2v) is 9.25. The van der Waals surface area contributed by atoms with Crippen LogP contribution >= 0.6 is 35.0 Å². The van der Waals surface area contributed by atoms with E-state index in [1.807, 2.05) is 29.7 Å². The fourth-order valence-electron chi connectivity index (χ4n) is 3.15. The molecule has 32 heavy (non-hydrogen) atoms. The van der Waals surface area contributed by atoms with Gasteiger partial charge in [-0.15, -0.1) is 10.2 Å². The average Bonchev–Trinajstić information content (AvgIpc) is 3.17. The zero-order valence-corrected chi connectivity index (χ0v) is 20.7. The van der Waals surface area contributed by atoms with Crippen LogP contribution < -0.4 is 10.6 Å². The molecule has 1 heterocycles. The quantitative estimate of drug-likeness (QED) is 0.270. The number of aromatic nitrogens is 3. The van der Waals surface area contributed by atoms with Crippen LogP contribution in [0.25, 0.3) is 5.69 Å². The topological polar surface area (TPSA) is 71.8 Å². The molecule has 0 saturated heterocycles. The van der Waals surface area contributed by atoms with Crippen LogP contribution in [-0.4, -0.2) is 27.3 Å². The smallest absolute Gasteiger partial charge is 0.315 e. The molecule has 170 valence electrons. The number of benzene rings is 2. The summed E-state index contributed by atoms with van der Waals surface area (Å²) in [5.41, 5.74) is 3.15. The van der Waals surface area contributed by atoms with Crippen molar-refractivity contribution < 1.29 is 4.79 Å². The van der Waals surface area contributed by atoms with Gasteiger partial charge >= 0.3 is 6.03 Å². The third-order valence-corrected chi connectivity index (χ3v) is 6.49. The molecule has 0 aliphatic rings. The molecule has 0 bridgehead atoms. The number of aryl methyl sites for hydroxylation is 1. The molecule has 1 aromatic heterocycles. The molecule has 9 heteroatoms. The maximum Gasteiger partial charge on any atom is 0.315 e. The minimum atomic E-state index is -0.385. The Labute approximate surface area is 203 Å². The fourth-order valence-corrected chi connectivity index (χ4v) is 4.67. The fraction of sp³-hybridized carbons (Fsp3) is 0.348. The van der Waals surface area contributed by atoms with E-state index in [0.29, 0.717) is 33.3 Å². The van der Waals surface area contributed by atoms with Crippen LogP contribution in [0, 0.1) is 6.92 Å². The van der Waals surface area contributed by atoms with Crippen molar-refractivity contribution >= 4 is 41.0 Å². The van der Waals surface area contributed by atoms with Crippen molar-refractivity contribution in [3.05, 3.63) is 69.5 Å². The van der Waals surface area contributed by atoms with Crippen LogP contribution in [0.5, 0.6) is 0 Å². The number of nitrogens with one attached hydrogen (secondary N) is 2. The van der Waals surface area contributed by atoms with Crippen molar-refractivity contribution in [2.45, 2.75) is 50.6 Å². The molecule has 1 atom stereocenters. The number of hydrogen-bond donors (Lipinski definition) is 2. The first-order valence-corrected chi connectivity index (χ1v) is 12.3. The van der Waals surface area contributed by atoms with Gasteiger partial charge in [-0.3, -0.25) is 4.57 Å². The van der Waals surface area contributed by atoms with Gasteiger partial charge in [-0.25, -0.2) is 4.79 Å². The van der Waals surface area contributed by atoms with Crippen LogP contribution in [-0.2, 0) is 5.75 Å². The van der Waals surface area contributed by atoms with Gasteiger partial charge in [0.25, 0.3) is 0 Å². The number of nitrogens with zero attached hydrogens (tertiary/aromatic N) is 3. The molecule has 0 fully saturated rings. The highest BCUT2D eigenvalue weighted by molar-refractivity contribution is 7.98. The molecule has 3 aromatic rings. The maximum absolute atomic E-state index is 12.3. The van der Waals surface area contributed by atoms with E-state index >= 15 is 0 Å². The van der Waals surface area contributed by atoms with E-state index in [-0.39, 0.29) is 12.1 Å². The zero-order valence-electron chi connectivity index (χ0n) is 18.4. The standard InChI is InChI=1S/C23H27Cl2N5OS/c1-4-5-12-26-22(31)27-16(3)21-28-29-23(32-14-17-9-7-6-8-15(17)2)30(21)20-11-10-18(24)13-19(20)25/h6-11,13,16H,4-5,12,14H2,1-3H3,(H2,26,27,31). The molecule has 6 nitrogen and oxygen atoms in total. The third-order valence-electron chi connectivity index (χ3n) is 4.98. The van der Waals surface area contributed by atoms with Crippen LogP contribution in [0.3, 0.4) is 0 Å². The number of halogens is 2. The molecule has 0 aliphatic carbocycles. The van der Waals surface area contributed by atoms with Crippen LogP contribution in [0.2, 0.25) is 10.0 Å². The van der Waals surface area contributed by atoms with Gasteiger partial charge in [0.1, 0.15) is 0 Å². The SMILES string of the molecule is CCCCNC(=O)NC(C)c1nnc(SCc2ccccc2C)n1-c1ccc(Cl)cc1Cl. The first-order valence-electron chi connectivity index (χ1n) is 10.5. The van der Waals surface area contributed by atoms with E-state index in [4.69, 9.17) is 23.2 Å². The van der Waals surface area contributed by atoms with E-state index in [1.165, 1.54) is 11.1 Å². The highest BCUT2D eigenvalue weighted by Gasteiger charge is 2.22. The zero-order chi connectivity index (χ0) is 23.1. The second-order valence-electron chi connectivity index (χ2n) is 7.46. The number of rotatable bonds is 9. The normalized spacial score (nSPS) is 11.9. The van der Waals surface area contributed by atoms with Crippen molar-refractivity contribution in [3.63, 3.8) is 0 Å². The van der Waals surface area contributed by atoms with E-state index < -0.39 is 0 Å². The van der Waals surface area contributed by atoms with Gasteiger partial charge in [-0.05, 0) is 49.6 Å². The lowest BCUT2D eigenvalue weighted by molar-refractivity contribution is 0.237. The first kappa shape index (κ1) is 24.4. The maximum atomic E-state index is 12.3. The summed E-state index contributed by atoms with van der Waals surface area (Å²) in [5.74, 6) is 1.32. The van der Waals surface area contributed by atoms with E-state index in [9.17, 15) is 4.79 Å². The Morgan fingerprint density at radius 1 is 1.19 bits per heavy atom. The molecule has 0 radical (unpaired) electrons. The van der Waals surface area contributed by atoms with E-state index in [2.05, 4.69) is 46.8 Å². The van der Waals surface area contributed by atoms with Crippen molar-refractivity contribution in [3.8, 4) is 5.69 Å². The third kappa shape index (κ3) is 6.18. The molecule has 0 saturated carbocycles. The number of carbonyl (C=O) groups is 1. The second kappa shape index (κ2) is 11.6. The molecule has 1 unspecified atom stereocenters. The highest BCUT2D eigenvalue weighted by Crippen LogP contribution is 2.32. The summed E-state index contributed by atoms with van der Waals surface area (Å²) in [5, 5.41) is 16.3. The molecule has 2 aromatic carbocycles. The van der Waals surface area contributed by atoms with Gasteiger partial charge < -0.3 is 10.6 Å². The van der Waals surface area contributed by atoms with Crippen LogP contribution in [0.1, 0.15) is 49.7 Å². The Balaban J connectivity index is 1.89. The predicted octanol–water partition coefficient (Wildman–Crippen LogP) is 6.34. The molecule has 3 rings (SSSR count). The summed E-state index contributed by atoms with van der Waals surface area (Å²) in [6, 6.07) is 12.9. The number of thioether (sulfide) groups is 1. The lowest BCUT2D eigenvalue weighted by Crippen LogP contribution is -2.38. The molecule has 0 spiro atoms. The van der Waals surface area contributed by atoms with E-state index in [0.717, 1.165) is 18.6 Å². The van der Waals surface area contributed by atoms with Crippen molar-refractivity contribution in [2.24, 2.45) is 0 Å². The van der Waals surface area contributed by atoms with Crippen molar-refractivity contribution in [1.29, 1.82) is 0 Å². The Kier molecular flexibility index (Phi) is 8.84. The van der Waals surface area contributed by atoms with Gasteiger partial charge in [0.05, 0.1) is 16.8 Å². The summed E-state index contributed by atoms with van der Waals surface area (Å²) >= 11 is 14.2. The van der Waals surface area contributed by atoms with Gasteiger partial charge in [0.2, 0.25) is 0 Å². The van der Waals surface area contributed by atoms with Crippen LogP contribution in [0.15, 0.2) is 47.6 Å². The number of hydrogen-bond acceptors (Lipinski definition) is 4. The average molecular weight is 492 g/mol. The first-order chi connectivity index (χ1) is 15.4. The summed E-state index contributed by atoms with van der Waals surface area (Å²) in [7, 11) is 0. The number of unbranched alkanes of at least 4 members (excludes halogenated alkanes) is 1. The molecule has 0 aliphatic heterocycles. The largest absolute Gasteiger partial charge is 0.338 e. The van der Waals surface area contributed by atoms with Gasteiger partial charge in [0, 0.05) is 17.3 Å². The Morgan fingerprint density at radius 2 is 1.97 bits per heavy atom. The van der Waals surface area contributed by atoms with Gasteiger partial charge in [0.15, 0.2) is 11.0 Å². The summed E-state index contributed by atoms with van der Waals surface area (Å²) in [4.78, 5) is 12.3. The van der Waals surface area contributed by atoms with Gasteiger partial charge in [-0.2, -0.15) is 0 Å². The Morgan fingerprint density at radius 3 is 2.69 bits per heavy atom. The summed E-state index contributed by atoms with van der Waals surface area (Å²) in [6.07, 6.45) is 1.94. The highest BCUT2D eigenvalue weighted by atomic mass is 35.5. The number of urea groups is 1. The molecular weight excluding hydrogens is 465 g/mol. The lowest BCUT2D eigenvalue weighted by atomic mass is 10.1. The van der Waals surface area contributed by atoms with Crippen LogP contribution in [0.4, 0.5) is 4.79 Å². The Bertz CT molecular complexity index is 1070. The summed E-state index contributed by atoms with van der Waals surface area (Å²) in [6.45, 7) is 6.67. The van der Waals surface area contributed by atoms with Gasteiger partial charge in [-0.1, -0.05) is 72.6 Å². The number of carbonyl (C=O) groups excluding carboxylic acids is 1. The van der Waals surface area contributed by atoms with Crippen molar-refractivity contribution in [2.75, 3.05) is 6.54 Å². The molecule has 2 N–H and O–H groups in total. The minimum Gasteiger partial charge on any atom is -0.338 e.